The molecule has 15 rings (SSSR count). The van der Waals surface area contributed by atoms with Crippen molar-refractivity contribution in [3.05, 3.63) is 223 Å². The smallest absolute Gasteiger partial charge is 0.166 e. The Balaban J connectivity index is 1.03. The Labute approximate surface area is 431 Å². The normalized spacial score (nSPS) is 11.8. The Morgan fingerprint density at radius 3 is 1.53 bits per heavy atom. The van der Waals surface area contributed by atoms with Crippen LogP contribution in [0.4, 0.5) is 0 Å². The minimum Gasteiger partial charge on any atom is -0.308 e. The summed E-state index contributed by atoms with van der Waals surface area (Å²) in [6.07, 6.45) is 0. The van der Waals surface area contributed by atoms with Crippen LogP contribution in [0.5, 0.6) is 0 Å². The largest absolute Gasteiger partial charge is 0.308 e. The van der Waals surface area contributed by atoms with Gasteiger partial charge in [0.05, 0.1) is 56.7 Å². The maximum atomic E-state index is 10.6. The third kappa shape index (κ3) is 6.25. The molecule has 0 atom stereocenters. The first-order valence-electron chi connectivity index (χ1n) is 24.3. The summed E-state index contributed by atoms with van der Waals surface area (Å²) in [4.78, 5) is 16.2. The highest BCUT2D eigenvalue weighted by atomic mass is 32.1. The quantitative estimate of drug-likeness (QED) is 0.165. The minimum atomic E-state index is 0.425. The molecular formula is C65H35N7S2. The van der Waals surface area contributed by atoms with E-state index < -0.39 is 0 Å². The number of nitriles is 2. The van der Waals surface area contributed by atoms with Gasteiger partial charge in [0.25, 0.3) is 0 Å². The fourth-order valence-corrected chi connectivity index (χ4v) is 13.7. The molecule has 0 amide bonds. The maximum Gasteiger partial charge on any atom is 0.166 e. The topological polar surface area (TPSA) is 96.1 Å². The number of hydrogen-bond donors (Lipinski definition) is 0. The number of rotatable bonds is 6. The lowest BCUT2D eigenvalue weighted by molar-refractivity contribution is 1.06. The van der Waals surface area contributed by atoms with Gasteiger partial charge in [-0.2, -0.15) is 10.5 Å². The van der Waals surface area contributed by atoms with Crippen LogP contribution in [0.15, 0.2) is 212 Å². The van der Waals surface area contributed by atoms with Gasteiger partial charge in [0.15, 0.2) is 17.5 Å². The predicted molar refractivity (Wildman–Crippen MR) is 305 cm³/mol. The highest BCUT2D eigenvalue weighted by Gasteiger charge is 2.25. The Morgan fingerprint density at radius 2 is 0.892 bits per heavy atom. The van der Waals surface area contributed by atoms with Gasteiger partial charge in [-0.15, -0.1) is 22.7 Å². The summed E-state index contributed by atoms with van der Waals surface area (Å²) in [5.74, 6) is 1.38. The van der Waals surface area contributed by atoms with Crippen molar-refractivity contribution in [3.63, 3.8) is 0 Å². The number of aromatic nitrogens is 5. The second-order valence-electron chi connectivity index (χ2n) is 18.5. The zero-order chi connectivity index (χ0) is 49.0. The molecule has 0 aliphatic rings. The molecule has 0 saturated heterocycles. The van der Waals surface area contributed by atoms with Gasteiger partial charge in [-0.3, -0.25) is 0 Å². The zero-order valence-corrected chi connectivity index (χ0v) is 40.8. The van der Waals surface area contributed by atoms with Crippen LogP contribution in [-0.2, 0) is 0 Å². The van der Waals surface area contributed by atoms with Crippen LogP contribution in [0.3, 0.4) is 0 Å². The van der Waals surface area contributed by atoms with Gasteiger partial charge in [0.1, 0.15) is 0 Å². The number of hydrogen-bond acceptors (Lipinski definition) is 7. The summed E-state index contributed by atoms with van der Waals surface area (Å²) in [7, 11) is 0. The monoisotopic (exact) mass is 977 g/mol. The van der Waals surface area contributed by atoms with E-state index >= 15 is 0 Å². The molecule has 0 aliphatic heterocycles. The lowest BCUT2D eigenvalue weighted by atomic mass is 9.97. The lowest BCUT2D eigenvalue weighted by Gasteiger charge is -2.18. The predicted octanol–water partition coefficient (Wildman–Crippen LogP) is 17.2. The van der Waals surface area contributed by atoms with Crippen molar-refractivity contribution < 1.29 is 0 Å². The van der Waals surface area contributed by atoms with E-state index in [1.165, 1.54) is 51.1 Å². The Bertz CT molecular complexity index is 4950. The average molecular weight is 978 g/mol. The first-order chi connectivity index (χ1) is 36.6. The van der Waals surface area contributed by atoms with Crippen molar-refractivity contribution in [3.8, 4) is 68.8 Å². The third-order valence-corrected chi connectivity index (χ3v) is 16.9. The van der Waals surface area contributed by atoms with Crippen LogP contribution < -0.4 is 0 Å². The van der Waals surface area contributed by atoms with Crippen molar-refractivity contribution in [2.75, 3.05) is 0 Å². The van der Waals surface area contributed by atoms with Crippen LogP contribution in [0, 0.1) is 22.7 Å². The summed E-state index contributed by atoms with van der Waals surface area (Å²) in [5.41, 5.74) is 10.9. The molecule has 9 heteroatoms. The third-order valence-electron chi connectivity index (χ3n) is 14.5. The van der Waals surface area contributed by atoms with Gasteiger partial charge < -0.3 is 9.13 Å². The molecule has 7 nitrogen and oxygen atoms in total. The second kappa shape index (κ2) is 16.4. The molecule has 0 N–H and O–H groups in total. The van der Waals surface area contributed by atoms with Crippen LogP contribution in [0.1, 0.15) is 11.1 Å². The summed E-state index contributed by atoms with van der Waals surface area (Å²) >= 11 is 3.64. The Morgan fingerprint density at radius 1 is 0.351 bits per heavy atom. The average Bonchev–Trinajstić information content (AvgIpc) is 4.27. The van der Waals surface area contributed by atoms with Crippen molar-refractivity contribution in [1.82, 2.24) is 24.1 Å². The van der Waals surface area contributed by atoms with E-state index in [4.69, 9.17) is 15.0 Å². The van der Waals surface area contributed by atoms with Crippen LogP contribution in [0.25, 0.3) is 141 Å². The summed E-state index contributed by atoms with van der Waals surface area (Å²) in [5, 5.41) is 30.5. The molecular weight excluding hydrogens is 943 g/mol. The van der Waals surface area contributed by atoms with Crippen molar-refractivity contribution in [2.45, 2.75) is 0 Å². The SMILES string of the molecule is N#Cc1ccc(-n2c3ccccc3c3c4sc5ccccc5c4ccc32)c(-c2nc(-c3ccccc3)nc(-c3ccc(-c4ccccc4C#N)cc3-n3c4ccccc4c4c5sc6ccccc6c5ccc43)n2)c1. The molecule has 10 aromatic carbocycles. The maximum absolute atomic E-state index is 10.6. The molecule has 0 aliphatic carbocycles. The summed E-state index contributed by atoms with van der Waals surface area (Å²) in [6.45, 7) is 0. The first kappa shape index (κ1) is 42.0. The van der Waals surface area contributed by atoms with Crippen molar-refractivity contribution in [2.24, 2.45) is 0 Å². The Hall–Kier alpha value is -9.77. The summed E-state index contributed by atoms with van der Waals surface area (Å²) < 4.78 is 9.58. The van der Waals surface area contributed by atoms with Gasteiger partial charge in [0, 0.05) is 78.6 Å². The highest BCUT2D eigenvalue weighted by molar-refractivity contribution is 7.27. The molecule has 342 valence electrons. The minimum absolute atomic E-state index is 0.425. The number of thiophene rings is 2. The van der Waals surface area contributed by atoms with Gasteiger partial charge in [-0.25, -0.2) is 15.0 Å². The van der Waals surface area contributed by atoms with Crippen LogP contribution in [-0.4, -0.2) is 24.1 Å². The van der Waals surface area contributed by atoms with E-state index in [0.29, 0.717) is 34.2 Å². The summed E-state index contributed by atoms with van der Waals surface area (Å²) in [6, 6.07) is 78.1. The van der Waals surface area contributed by atoms with E-state index in [9.17, 15) is 10.5 Å². The van der Waals surface area contributed by atoms with Gasteiger partial charge in [-0.1, -0.05) is 140 Å². The molecule has 5 heterocycles. The van der Waals surface area contributed by atoms with E-state index in [-0.39, 0.29) is 0 Å². The Kier molecular flexibility index (Phi) is 9.29. The fourth-order valence-electron chi connectivity index (χ4n) is 11.2. The molecule has 0 fully saturated rings. The molecule has 0 bridgehead atoms. The highest BCUT2D eigenvalue weighted by Crippen LogP contribution is 2.47. The first-order valence-corrected chi connectivity index (χ1v) is 25.9. The number of fused-ring (bicyclic) bond motifs is 14. The van der Waals surface area contributed by atoms with E-state index in [0.717, 1.165) is 66.5 Å². The van der Waals surface area contributed by atoms with Crippen LogP contribution in [0.2, 0.25) is 0 Å². The molecule has 0 radical (unpaired) electrons. The molecule has 0 unspecified atom stereocenters. The lowest BCUT2D eigenvalue weighted by Crippen LogP contribution is -2.06. The van der Waals surface area contributed by atoms with Gasteiger partial charge in [0.2, 0.25) is 0 Å². The molecule has 5 aromatic heterocycles. The van der Waals surface area contributed by atoms with Gasteiger partial charge >= 0.3 is 0 Å². The van der Waals surface area contributed by atoms with Crippen molar-refractivity contribution >= 4 is 107 Å². The zero-order valence-electron chi connectivity index (χ0n) is 39.2. The fraction of sp³-hybridized carbons (Fsp3) is 0. The molecule has 15 aromatic rings. The number of benzene rings is 10. The number of para-hydroxylation sites is 2. The van der Waals surface area contributed by atoms with Crippen molar-refractivity contribution in [1.29, 1.82) is 10.5 Å². The van der Waals surface area contributed by atoms with E-state index in [1.807, 2.05) is 95.5 Å². The standard InChI is InChI=1S/C65H35N7S2/c66-36-38-26-31-53(71-51-22-10-6-20-47(51)59-54(71)32-29-45-43-18-8-12-24-57(43)73-61(45)59)50(34-38)65-69-63(39-14-2-1-3-15-39)68-64(70-65)49-28-27-40(42-17-5-4-16-41(42)37-67)35-56(49)72-52-23-11-7-21-48(52)60-55(72)33-30-46-44-19-9-13-25-58(44)74-62(46)60/h1-35H. The second-order valence-corrected chi connectivity index (χ2v) is 20.6. The molecule has 0 spiro atoms. The van der Waals surface area contributed by atoms with Gasteiger partial charge in [-0.05, 0) is 83.9 Å². The van der Waals surface area contributed by atoms with Crippen LogP contribution >= 0.6 is 22.7 Å². The molecule has 74 heavy (non-hydrogen) atoms. The number of nitrogens with zero attached hydrogens (tertiary/aromatic N) is 7. The van der Waals surface area contributed by atoms with E-state index in [2.05, 4.69) is 161 Å². The van der Waals surface area contributed by atoms with E-state index in [1.54, 1.807) is 0 Å². The molecule has 0 saturated carbocycles.